The molecule has 1 atom stereocenters. The Morgan fingerprint density at radius 2 is 1.94 bits per heavy atom. The number of rotatable bonds is 6. The highest BCUT2D eigenvalue weighted by atomic mass is 35.5. The van der Waals surface area contributed by atoms with E-state index in [1.807, 2.05) is 42.7 Å². The standard InChI is InChI=1S/C23H20Cl2N2O5/c1-13-7-17(19(28)12-31-23(29)15-8-18(24)22(25)26-9-15)14(2)27(13)10-16-11-30-20-5-3-4-6-21(20)32-16/h3-9,16H,10-12H2,1-2H3. The number of aromatic nitrogens is 2. The molecule has 0 saturated heterocycles. The van der Waals surface area contributed by atoms with Crippen LogP contribution in [0, 0.1) is 13.8 Å². The summed E-state index contributed by atoms with van der Waals surface area (Å²) in [7, 11) is 0. The van der Waals surface area contributed by atoms with E-state index in [0.29, 0.717) is 24.5 Å². The number of ether oxygens (including phenoxy) is 3. The number of halogens is 2. The van der Waals surface area contributed by atoms with Gasteiger partial charge in [0.25, 0.3) is 0 Å². The van der Waals surface area contributed by atoms with Crippen molar-refractivity contribution >= 4 is 35.0 Å². The molecule has 3 heterocycles. The first-order valence-electron chi connectivity index (χ1n) is 9.90. The molecule has 0 aliphatic carbocycles. The van der Waals surface area contributed by atoms with E-state index in [9.17, 15) is 9.59 Å². The van der Waals surface area contributed by atoms with Crippen LogP contribution in [0.3, 0.4) is 0 Å². The minimum absolute atomic E-state index is 0.0857. The van der Waals surface area contributed by atoms with Crippen molar-refractivity contribution in [3.8, 4) is 11.5 Å². The first-order valence-corrected chi connectivity index (χ1v) is 10.7. The van der Waals surface area contributed by atoms with E-state index in [1.54, 1.807) is 6.07 Å². The van der Waals surface area contributed by atoms with Crippen LogP contribution in [0.15, 0.2) is 42.6 Å². The minimum Gasteiger partial charge on any atom is -0.486 e. The van der Waals surface area contributed by atoms with Crippen molar-refractivity contribution in [1.82, 2.24) is 9.55 Å². The van der Waals surface area contributed by atoms with Crippen LogP contribution in [0.1, 0.15) is 32.1 Å². The Bertz CT molecular complexity index is 1190. The number of nitrogens with zero attached hydrogens (tertiary/aromatic N) is 2. The van der Waals surface area contributed by atoms with Gasteiger partial charge in [0.15, 0.2) is 24.2 Å². The highest BCUT2D eigenvalue weighted by molar-refractivity contribution is 6.41. The predicted molar refractivity (Wildman–Crippen MR) is 119 cm³/mol. The average molecular weight is 475 g/mol. The van der Waals surface area contributed by atoms with Crippen molar-refractivity contribution in [3.63, 3.8) is 0 Å². The number of fused-ring (bicyclic) bond motifs is 1. The number of esters is 1. The molecule has 3 aromatic rings. The number of ketones is 1. The number of Topliss-reactive ketones (excluding diaryl/α,β-unsaturated/α-hetero) is 1. The van der Waals surface area contributed by atoms with Gasteiger partial charge in [-0.05, 0) is 38.1 Å². The summed E-state index contributed by atoms with van der Waals surface area (Å²) in [6, 6.07) is 10.6. The summed E-state index contributed by atoms with van der Waals surface area (Å²) in [5.74, 6) is 0.410. The third kappa shape index (κ3) is 4.59. The summed E-state index contributed by atoms with van der Waals surface area (Å²) in [4.78, 5) is 28.8. The minimum atomic E-state index is -0.704. The Morgan fingerprint density at radius 1 is 1.19 bits per heavy atom. The summed E-state index contributed by atoms with van der Waals surface area (Å²) in [6.45, 7) is 4.29. The molecule has 1 aliphatic heterocycles. The van der Waals surface area contributed by atoms with E-state index in [4.69, 9.17) is 37.4 Å². The van der Waals surface area contributed by atoms with Crippen molar-refractivity contribution in [2.24, 2.45) is 0 Å². The van der Waals surface area contributed by atoms with Gasteiger partial charge in [-0.15, -0.1) is 0 Å². The quantitative estimate of drug-likeness (QED) is 0.293. The molecular weight excluding hydrogens is 455 g/mol. The normalized spacial score (nSPS) is 14.8. The van der Waals surface area contributed by atoms with Crippen LogP contribution in [-0.4, -0.2) is 40.6 Å². The van der Waals surface area contributed by atoms with Gasteiger partial charge in [0.1, 0.15) is 11.8 Å². The highest BCUT2D eigenvalue weighted by Gasteiger charge is 2.24. The Balaban J connectivity index is 1.41. The molecule has 166 valence electrons. The first kappa shape index (κ1) is 22.2. The zero-order valence-electron chi connectivity index (χ0n) is 17.4. The largest absolute Gasteiger partial charge is 0.486 e. The number of para-hydroxylation sites is 2. The SMILES string of the molecule is Cc1cc(C(=O)COC(=O)c2cnc(Cl)c(Cl)c2)c(C)n1CC1COc2ccccc2O1. The Morgan fingerprint density at radius 3 is 2.69 bits per heavy atom. The van der Waals surface area contributed by atoms with Gasteiger partial charge in [-0.3, -0.25) is 4.79 Å². The van der Waals surface area contributed by atoms with E-state index in [2.05, 4.69) is 4.98 Å². The number of pyridine rings is 1. The lowest BCUT2D eigenvalue weighted by atomic mass is 10.1. The molecule has 7 nitrogen and oxygen atoms in total. The van der Waals surface area contributed by atoms with Gasteiger partial charge in [-0.25, -0.2) is 9.78 Å². The molecule has 0 amide bonds. The van der Waals surface area contributed by atoms with Gasteiger partial charge in [0.2, 0.25) is 5.78 Å². The number of hydrogen-bond donors (Lipinski definition) is 0. The van der Waals surface area contributed by atoms with Gasteiger partial charge in [-0.2, -0.15) is 0 Å². The van der Waals surface area contributed by atoms with E-state index in [0.717, 1.165) is 17.1 Å². The Hall–Kier alpha value is -3.03. The first-order chi connectivity index (χ1) is 15.3. The number of benzene rings is 1. The lowest BCUT2D eigenvalue weighted by Gasteiger charge is -2.27. The second-order valence-electron chi connectivity index (χ2n) is 7.39. The topological polar surface area (TPSA) is 79.7 Å². The van der Waals surface area contributed by atoms with Crippen LogP contribution in [-0.2, 0) is 11.3 Å². The maximum Gasteiger partial charge on any atom is 0.340 e. The molecule has 0 bridgehead atoms. The van der Waals surface area contributed by atoms with Gasteiger partial charge < -0.3 is 18.8 Å². The molecule has 1 aliphatic rings. The monoisotopic (exact) mass is 474 g/mol. The van der Waals surface area contributed by atoms with Gasteiger partial charge in [-0.1, -0.05) is 35.3 Å². The molecule has 2 aromatic heterocycles. The van der Waals surface area contributed by atoms with Crippen LogP contribution in [0.4, 0.5) is 0 Å². The third-order valence-electron chi connectivity index (χ3n) is 5.19. The summed E-state index contributed by atoms with van der Waals surface area (Å²) in [5.41, 5.74) is 2.27. The second-order valence-corrected chi connectivity index (χ2v) is 8.15. The molecule has 1 aromatic carbocycles. The van der Waals surface area contributed by atoms with Crippen molar-refractivity contribution in [3.05, 3.63) is 75.3 Å². The zero-order chi connectivity index (χ0) is 22.8. The zero-order valence-corrected chi connectivity index (χ0v) is 18.9. The van der Waals surface area contributed by atoms with Crippen LogP contribution < -0.4 is 9.47 Å². The summed E-state index contributed by atoms with van der Waals surface area (Å²) >= 11 is 11.6. The fourth-order valence-electron chi connectivity index (χ4n) is 3.55. The van der Waals surface area contributed by atoms with E-state index >= 15 is 0 Å². The van der Waals surface area contributed by atoms with Crippen LogP contribution in [0.25, 0.3) is 0 Å². The Kier molecular flexibility index (Phi) is 6.39. The summed E-state index contributed by atoms with van der Waals surface area (Å²) in [6.07, 6.45) is 1.05. The maximum absolute atomic E-state index is 12.7. The van der Waals surface area contributed by atoms with Crippen molar-refractivity contribution in [2.75, 3.05) is 13.2 Å². The van der Waals surface area contributed by atoms with Gasteiger partial charge in [0, 0.05) is 23.1 Å². The lowest BCUT2D eigenvalue weighted by Crippen LogP contribution is -2.33. The number of carbonyl (C=O) groups excluding carboxylic acids is 2. The van der Waals surface area contributed by atoms with E-state index in [1.165, 1.54) is 12.3 Å². The molecule has 9 heteroatoms. The van der Waals surface area contributed by atoms with Gasteiger partial charge in [0.05, 0.1) is 17.1 Å². The maximum atomic E-state index is 12.7. The molecular formula is C23H20Cl2N2O5. The molecule has 0 saturated carbocycles. The summed E-state index contributed by atoms with van der Waals surface area (Å²) < 4.78 is 19.0. The number of hydrogen-bond acceptors (Lipinski definition) is 6. The predicted octanol–water partition coefficient (Wildman–Crippen LogP) is 4.69. The molecule has 0 N–H and O–H groups in total. The number of aryl methyl sites for hydroxylation is 1. The number of carbonyl (C=O) groups is 2. The molecule has 0 spiro atoms. The van der Waals surface area contributed by atoms with Crippen LogP contribution >= 0.6 is 23.2 Å². The van der Waals surface area contributed by atoms with E-state index in [-0.39, 0.29) is 27.6 Å². The molecule has 0 fully saturated rings. The van der Waals surface area contributed by atoms with Gasteiger partial charge >= 0.3 is 5.97 Å². The third-order valence-corrected chi connectivity index (χ3v) is 5.88. The second kappa shape index (κ2) is 9.22. The highest BCUT2D eigenvalue weighted by Crippen LogP contribution is 2.31. The molecule has 4 rings (SSSR count). The molecule has 1 unspecified atom stereocenters. The average Bonchev–Trinajstić information content (AvgIpc) is 3.07. The fraction of sp³-hybridized carbons (Fsp3) is 0.261. The van der Waals surface area contributed by atoms with Crippen molar-refractivity contribution in [1.29, 1.82) is 0 Å². The molecule has 32 heavy (non-hydrogen) atoms. The van der Waals surface area contributed by atoms with Crippen molar-refractivity contribution in [2.45, 2.75) is 26.5 Å². The lowest BCUT2D eigenvalue weighted by molar-refractivity contribution is 0.0474. The van der Waals surface area contributed by atoms with Crippen molar-refractivity contribution < 1.29 is 23.8 Å². The Labute approximate surface area is 194 Å². The smallest absolute Gasteiger partial charge is 0.340 e. The fourth-order valence-corrected chi connectivity index (χ4v) is 3.82. The summed E-state index contributed by atoms with van der Waals surface area (Å²) in [5, 5.41) is 0.218. The van der Waals surface area contributed by atoms with E-state index < -0.39 is 12.6 Å². The molecule has 0 radical (unpaired) electrons. The van der Waals surface area contributed by atoms with Crippen LogP contribution in [0.2, 0.25) is 10.2 Å². The van der Waals surface area contributed by atoms with Crippen LogP contribution in [0.5, 0.6) is 11.5 Å².